The van der Waals surface area contributed by atoms with E-state index in [1.165, 1.54) is 199 Å². The van der Waals surface area contributed by atoms with Crippen LogP contribution in [0, 0.1) is 5.92 Å². The van der Waals surface area contributed by atoms with E-state index in [0.717, 1.165) is 95.8 Å². The highest BCUT2D eigenvalue weighted by Crippen LogP contribution is 2.45. The minimum Gasteiger partial charge on any atom is -0.462 e. The van der Waals surface area contributed by atoms with Crippen molar-refractivity contribution in [1.29, 1.82) is 0 Å². The Bertz CT molecular complexity index is 1750. The van der Waals surface area contributed by atoms with E-state index in [1.807, 2.05) is 0 Å². The van der Waals surface area contributed by atoms with Gasteiger partial charge in [0.2, 0.25) is 0 Å². The summed E-state index contributed by atoms with van der Waals surface area (Å²) >= 11 is 0. The predicted octanol–water partition coefficient (Wildman–Crippen LogP) is 20.9. The van der Waals surface area contributed by atoms with Crippen molar-refractivity contribution in [3.8, 4) is 0 Å². The summed E-state index contributed by atoms with van der Waals surface area (Å²) in [6.07, 6.45) is 52.6. The molecule has 0 fully saturated rings. The third-order valence-corrected chi connectivity index (χ3v) is 18.7. The van der Waals surface area contributed by atoms with Crippen LogP contribution in [0.1, 0.15) is 375 Å². The van der Waals surface area contributed by atoms with Crippen LogP contribution in [0.2, 0.25) is 0 Å². The van der Waals surface area contributed by atoms with E-state index in [9.17, 15) is 43.2 Å². The fraction of sp³-hybridized carbons (Fsp3) is 0.944. The number of aliphatic hydroxyl groups excluding tert-OH is 1. The maximum atomic E-state index is 13.0. The molecule has 0 aromatic carbocycles. The molecular formula is C72H140O17P2. The van der Waals surface area contributed by atoms with Crippen molar-refractivity contribution < 1.29 is 80.2 Å². The van der Waals surface area contributed by atoms with Crippen molar-refractivity contribution in [3.63, 3.8) is 0 Å². The zero-order valence-corrected chi connectivity index (χ0v) is 60.8. The Morgan fingerprint density at radius 2 is 0.505 bits per heavy atom. The third kappa shape index (κ3) is 66.5. The maximum Gasteiger partial charge on any atom is 0.472 e. The topological polar surface area (TPSA) is 237 Å². The van der Waals surface area contributed by atoms with E-state index < -0.39 is 97.5 Å². The minimum absolute atomic E-state index is 0.107. The molecule has 0 aromatic heterocycles. The molecule has 0 spiro atoms. The second-order valence-corrected chi connectivity index (χ2v) is 29.4. The summed E-state index contributed by atoms with van der Waals surface area (Å²) in [5.41, 5.74) is 0. The lowest BCUT2D eigenvalue weighted by Crippen LogP contribution is -2.30. The quantitative estimate of drug-likeness (QED) is 0.0222. The summed E-state index contributed by atoms with van der Waals surface area (Å²) in [7, 11) is -9.90. The summed E-state index contributed by atoms with van der Waals surface area (Å²) in [6.45, 7) is 7.27. The number of carbonyl (C=O) groups is 4. The molecule has 0 saturated heterocycles. The molecule has 19 heteroatoms. The van der Waals surface area contributed by atoms with E-state index in [0.29, 0.717) is 25.7 Å². The fourth-order valence-corrected chi connectivity index (χ4v) is 12.6. The highest BCUT2D eigenvalue weighted by atomic mass is 31.2. The first-order valence-corrected chi connectivity index (χ1v) is 40.6. The third-order valence-electron chi connectivity index (χ3n) is 16.8. The molecule has 0 radical (unpaired) electrons. The second kappa shape index (κ2) is 65.4. The van der Waals surface area contributed by atoms with Gasteiger partial charge >= 0.3 is 39.5 Å². The number of unbranched alkanes of at least 4 members (excludes halogenated alkanes) is 44. The van der Waals surface area contributed by atoms with Gasteiger partial charge in [-0.1, -0.05) is 324 Å². The summed E-state index contributed by atoms with van der Waals surface area (Å²) in [5, 5.41) is 10.6. The number of esters is 4. The Morgan fingerprint density at radius 1 is 0.297 bits per heavy atom. The van der Waals surface area contributed by atoms with E-state index in [4.69, 9.17) is 37.0 Å². The number of phosphoric ester groups is 2. The van der Waals surface area contributed by atoms with Crippen molar-refractivity contribution >= 4 is 39.5 Å². The van der Waals surface area contributed by atoms with E-state index >= 15 is 0 Å². The van der Waals surface area contributed by atoms with Crippen LogP contribution in [-0.4, -0.2) is 96.7 Å². The lowest BCUT2D eigenvalue weighted by molar-refractivity contribution is -0.161. The Balaban J connectivity index is 5.23. The molecule has 0 heterocycles. The number of hydrogen-bond acceptors (Lipinski definition) is 15. The minimum atomic E-state index is -4.95. The number of aliphatic hydroxyl groups is 1. The van der Waals surface area contributed by atoms with Crippen LogP contribution >= 0.6 is 15.6 Å². The zero-order valence-electron chi connectivity index (χ0n) is 59.0. The van der Waals surface area contributed by atoms with E-state index in [1.54, 1.807) is 0 Å². The highest BCUT2D eigenvalue weighted by Gasteiger charge is 2.30. The first-order valence-electron chi connectivity index (χ1n) is 37.6. The lowest BCUT2D eigenvalue weighted by atomic mass is 10.0. The van der Waals surface area contributed by atoms with E-state index in [-0.39, 0.29) is 25.7 Å². The Kier molecular flexibility index (Phi) is 64.0. The number of phosphoric acid groups is 2. The van der Waals surface area contributed by atoms with Gasteiger partial charge in [-0.25, -0.2) is 9.13 Å². The zero-order chi connectivity index (χ0) is 67.0. The molecule has 0 amide bonds. The van der Waals surface area contributed by atoms with Gasteiger partial charge in [-0.15, -0.1) is 0 Å². The largest absolute Gasteiger partial charge is 0.472 e. The van der Waals surface area contributed by atoms with Gasteiger partial charge in [0.1, 0.15) is 19.3 Å². The van der Waals surface area contributed by atoms with Crippen molar-refractivity contribution in [3.05, 3.63) is 0 Å². The van der Waals surface area contributed by atoms with Crippen LogP contribution in [0.4, 0.5) is 0 Å². The van der Waals surface area contributed by atoms with Gasteiger partial charge in [0.05, 0.1) is 26.4 Å². The molecule has 2 unspecified atom stereocenters. The van der Waals surface area contributed by atoms with Gasteiger partial charge in [0, 0.05) is 25.7 Å². The van der Waals surface area contributed by atoms with Gasteiger partial charge in [-0.3, -0.25) is 37.3 Å². The molecule has 0 aliphatic heterocycles. The molecule has 5 atom stereocenters. The van der Waals surface area contributed by atoms with Crippen LogP contribution in [-0.2, 0) is 65.4 Å². The number of ether oxygens (including phenoxy) is 4. The van der Waals surface area contributed by atoms with Gasteiger partial charge in [-0.05, 0) is 31.6 Å². The summed E-state index contributed by atoms with van der Waals surface area (Å²) < 4.78 is 68.3. The molecule has 0 aromatic rings. The standard InChI is InChI=1S/C72H140O17P2/c1-6-9-12-15-18-21-23-24-25-28-32-36-41-46-51-56-70(75)83-62-68(89-72(77)58-53-48-43-38-33-29-26-27-31-35-39-44-49-54-65(4)5)64-87-91(80,81)85-60-66(73)59-84-90(78,79)86-63-67(61-82-69(74)55-50-45-40-34-20-17-14-11-8-3)88-71(76)57-52-47-42-37-30-22-19-16-13-10-7-2/h65-68,73H,6-64H2,1-5H3,(H,78,79)(H,80,81)/t66-,67+,68+/m0/s1. The molecule has 540 valence electrons. The number of carbonyl (C=O) groups excluding carboxylic acids is 4. The van der Waals surface area contributed by atoms with Crippen LogP contribution in [0.5, 0.6) is 0 Å². The van der Waals surface area contributed by atoms with Crippen molar-refractivity contribution in [2.24, 2.45) is 5.92 Å². The average molecular weight is 1340 g/mol. The Labute approximate surface area is 556 Å². The summed E-state index contributed by atoms with van der Waals surface area (Å²) in [5.74, 6) is -1.33. The first kappa shape index (κ1) is 89.1. The van der Waals surface area contributed by atoms with Crippen LogP contribution in [0.15, 0.2) is 0 Å². The van der Waals surface area contributed by atoms with Crippen molar-refractivity contribution in [2.75, 3.05) is 39.6 Å². The molecule has 0 aliphatic rings. The summed E-state index contributed by atoms with van der Waals surface area (Å²) in [4.78, 5) is 72.6. The highest BCUT2D eigenvalue weighted by molar-refractivity contribution is 7.47. The SMILES string of the molecule is CCCCCCCCCCCCCCCCCC(=O)OC[C@H](COP(=O)(O)OC[C@@H](O)COP(=O)(O)OC[C@@H](COC(=O)CCCCCCCCCCC)OC(=O)CCCCCCCCCCCCC)OC(=O)CCCCCCCCCCCCCCCC(C)C. The van der Waals surface area contributed by atoms with Gasteiger partial charge in [-0.2, -0.15) is 0 Å². The van der Waals surface area contributed by atoms with Crippen molar-refractivity contribution in [1.82, 2.24) is 0 Å². The normalized spacial score (nSPS) is 14.0. The molecular weight excluding hydrogens is 1200 g/mol. The van der Waals surface area contributed by atoms with Gasteiger partial charge < -0.3 is 33.8 Å². The van der Waals surface area contributed by atoms with Crippen LogP contribution in [0.3, 0.4) is 0 Å². The average Bonchev–Trinajstić information content (AvgIpc) is 2.71. The number of hydrogen-bond donors (Lipinski definition) is 3. The second-order valence-electron chi connectivity index (χ2n) is 26.5. The molecule has 17 nitrogen and oxygen atoms in total. The molecule has 91 heavy (non-hydrogen) atoms. The fourth-order valence-electron chi connectivity index (χ4n) is 11.0. The molecule has 0 rings (SSSR count). The first-order chi connectivity index (χ1) is 44.0. The van der Waals surface area contributed by atoms with Crippen molar-refractivity contribution in [2.45, 2.75) is 393 Å². The Hall–Kier alpha value is -1.94. The van der Waals surface area contributed by atoms with Gasteiger partial charge in [0.15, 0.2) is 12.2 Å². The smallest absolute Gasteiger partial charge is 0.462 e. The molecule has 3 N–H and O–H groups in total. The lowest BCUT2D eigenvalue weighted by Gasteiger charge is -2.21. The van der Waals surface area contributed by atoms with Crippen LogP contribution in [0.25, 0.3) is 0 Å². The number of rotatable bonds is 72. The molecule has 0 saturated carbocycles. The monoisotopic (exact) mass is 1340 g/mol. The summed E-state index contributed by atoms with van der Waals surface area (Å²) in [6, 6.07) is 0. The Morgan fingerprint density at radius 3 is 0.747 bits per heavy atom. The predicted molar refractivity (Wildman–Crippen MR) is 368 cm³/mol. The van der Waals surface area contributed by atoms with Gasteiger partial charge in [0.25, 0.3) is 0 Å². The molecule has 0 bridgehead atoms. The maximum absolute atomic E-state index is 13.0. The van der Waals surface area contributed by atoms with Crippen LogP contribution < -0.4 is 0 Å². The van der Waals surface area contributed by atoms with E-state index in [2.05, 4.69) is 34.6 Å². The molecule has 0 aliphatic carbocycles.